The molecule has 2 heterocycles. The van der Waals surface area contributed by atoms with Crippen LogP contribution < -0.4 is 5.32 Å². The van der Waals surface area contributed by atoms with Crippen molar-refractivity contribution in [1.29, 1.82) is 0 Å². The molecule has 0 amide bonds. The van der Waals surface area contributed by atoms with Gasteiger partial charge in [0.2, 0.25) is 0 Å². The standard InChI is InChI=1S/C20H26N4O2/c1-5-21-20(22-11-10-18-14(2)23-26-15(18)3)24(4)13-17-12-16-8-6-7-9-19(16)25-17/h6-9,12H,5,10-11,13H2,1-4H3,(H,21,22). The van der Waals surface area contributed by atoms with Crippen LogP contribution in [-0.2, 0) is 13.0 Å². The predicted octanol–water partition coefficient (Wildman–Crippen LogP) is 3.68. The number of aromatic nitrogens is 1. The third-order valence-corrected chi connectivity index (χ3v) is 4.37. The van der Waals surface area contributed by atoms with Crippen molar-refractivity contribution >= 4 is 16.9 Å². The van der Waals surface area contributed by atoms with E-state index in [0.717, 1.165) is 52.7 Å². The van der Waals surface area contributed by atoms with Gasteiger partial charge in [-0.1, -0.05) is 23.4 Å². The molecule has 0 aliphatic heterocycles. The Morgan fingerprint density at radius 2 is 2.08 bits per heavy atom. The van der Waals surface area contributed by atoms with E-state index in [2.05, 4.69) is 34.4 Å². The number of nitrogens with one attached hydrogen (secondary N) is 1. The molecule has 1 N–H and O–H groups in total. The van der Waals surface area contributed by atoms with Crippen molar-refractivity contribution in [3.8, 4) is 0 Å². The third kappa shape index (κ3) is 4.07. The number of furan rings is 1. The Kier molecular flexibility index (Phi) is 5.61. The zero-order chi connectivity index (χ0) is 18.5. The van der Waals surface area contributed by atoms with Crippen LogP contribution in [0.2, 0.25) is 0 Å². The fraction of sp³-hybridized carbons (Fsp3) is 0.400. The van der Waals surface area contributed by atoms with E-state index >= 15 is 0 Å². The first-order valence-corrected chi connectivity index (χ1v) is 8.97. The van der Waals surface area contributed by atoms with Crippen molar-refractivity contribution in [1.82, 2.24) is 15.4 Å². The summed E-state index contributed by atoms with van der Waals surface area (Å²) in [5.74, 6) is 2.66. The number of hydrogen-bond donors (Lipinski definition) is 1. The van der Waals surface area contributed by atoms with Crippen molar-refractivity contribution in [3.63, 3.8) is 0 Å². The van der Waals surface area contributed by atoms with E-state index in [4.69, 9.17) is 13.9 Å². The van der Waals surface area contributed by atoms with Gasteiger partial charge in [-0.25, -0.2) is 0 Å². The molecule has 0 saturated heterocycles. The number of aryl methyl sites for hydroxylation is 2. The minimum Gasteiger partial charge on any atom is -0.459 e. The summed E-state index contributed by atoms with van der Waals surface area (Å²) < 4.78 is 11.1. The lowest BCUT2D eigenvalue weighted by molar-refractivity contribution is 0.392. The molecule has 26 heavy (non-hydrogen) atoms. The molecule has 0 atom stereocenters. The Bertz CT molecular complexity index is 842. The van der Waals surface area contributed by atoms with E-state index in [1.54, 1.807) is 0 Å². The molecule has 0 fully saturated rings. The highest BCUT2D eigenvalue weighted by atomic mass is 16.5. The number of hydrogen-bond acceptors (Lipinski definition) is 4. The van der Waals surface area contributed by atoms with Crippen molar-refractivity contribution in [2.24, 2.45) is 4.99 Å². The maximum absolute atomic E-state index is 5.92. The zero-order valence-corrected chi connectivity index (χ0v) is 15.9. The topological polar surface area (TPSA) is 66.8 Å². The van der Waals surface area contributed by atoms with Gasteiger partial charge in [0.15, 0.2) is 5.96 Å². The molecule has 2 aromatic heterocycles. The molecule has 6 heteroatoms. The van der Waals surface area contributed by atoms with Crippen LogP contribution in [0, 0.1) is 13.8 Å². The van der Waals surface area contributed by atoms with E-state index in [0.29, 0.717) is 13.1 Å². The SMILES string of the molecule is CCNC(=NCCc1c(C)noc1C)N(C)Cc1cc2ccccc2o1. The summed E-state index contributed by atoms with van der Waals surface area (Å²) >= 11 is 0. The van der Waals surface area contributed by atoms with Crippen LogP contribution in [0.3, 0.4) is 0 Å². The molecule has 0 aliphatic carbocycles. The summed E-state index contributed by atoms with van der Waals surface area (Å²) in [5, 5.41) is 8.46. The second kappa shape index (κ2) is 8.08. The lowest BCUT2D eigenvalue weighted by Crippen LogP contribution is -2.38. The molecule has 0 saturated carbocycles. The van der Waals surface area contributed by atoms with Gasteiger partial charge in [-0.05, 0) is 39.3 Å². The summed E-state index contributed by atoms with van der Waals surface area (Å²) in [7, 11) is 2.02. The quantitative estimate of drug-likeness (QED) is 0.540. The minimum atomic E-state index is 0.659. The fourth-order valence-corrected chi connectivity index (χ4v) is 3.03. The summed E-state index contributed by atoms with van der Waals surface area (Å²) in [6, 6.07) is 10.1. The monoisotopic (exact) mass is 354 g/mol. The smallest absolute Gasteiger partial charge is 0.194 e. The highest BCUT2D eigenvalue weighted by molar-refractivity contribution is 5.80. The van der Waals surface area contributed by atoms with Gasteiger partial charge in [0.05, 0.1) is 12.2 Å². The van der Waals surface area contributed by atoms with E-state index in [1.807, 2.05) is 39.1 Å². The molecule has 3 aromatic rings. The number of para-hydroxylation sites is 1. The highest BCUT2D eigenvalue weighted by Crippen LogP contribution is 2.19. The summed E-state index contributed by atoms with van der Waals surface area (Å²) in [6.45, 7) is 8.13. The molecule has 0 radical (unpaired) electrons. The van der Waals surface area contributed by atoms with E-state index in [1.165, 1.54) is 0 Å². The molecule has 0 bridgehead atoms. The molecule has 3 rings (SSSR count). The van der Waals surface area contributed by atoms with Gasteiger partial charge < -0.3 is 19.2 Å². The Labute approximate surface area is 153 Å². The van der Waals surface area contributed by atoms with Gasteiger partial charge >= 0.3 is 0 Å². The molecule has 0 spiro atoms. The van der Waals surface area contributed by atoms with Gasteiger partial charge in [0.25, 0.3) is 0 Å². The van der Waals surface area contributed by atoms with Crippen molar-refractivity contribution in [2.45, 2.75) is 33.7 Å². The maximum Gasteiger partial charge on any atom is 0.194 e. The molecule has 6 nitrogen and oxygen atoms in total. The second-order valence-electron chi connectivity index (χ2n) is 6.39. The molecule has 1 aromatic carbocycles. The number of benzene rings is 1. The lowest BCUT2D eigenvalue weighted by Gasteiger charge is -2.21. The number of nitrogens with zero attached hydrogens (tertiary/aromatic N) is 3. The minimum absolute atomic E-state index is 0.659. The summed E-state index contributed by atoms with van der Waals surface area (Å²) in [6.07, 6.45) is 0.814. The van der Waals surface area contributed by atoms with Gasteiger partial charge in [-0.15, -0.1) is 0 Å². The predicted molar refractivity (Wildman–Crippen MR) is 103 cm³/mol. The van der Waals surface area contributed by atoms with Crippen LogP contribution in [-0.4, -0.2) is 36.2 Å². The van der Waals surface area contributed by atoms with E-state index in [-0.39, 0.29) is 0 Å². The first-order chi connectivity index (χ1) is 12.6. The van der Waals surface area contributed by atoms with E-state index in [9.17, 15) is 0 Å². The van der Waals surface area contributed by atoms with Crippen LogP contribution in [0.15, 0.2) is 44.3 Å². The normalized spacial score (nSPS) is 11.9. The fourth-order valence-electron chi connectivity index (χ4n) is 3.03. The van der Waals surface area contributed by atoms with Crippen LogP contribution >= 0.6 is 0 Å². The lowest BCUT2D eigenvalue weighted by atomic mass is 10.1. The highest BCUT2D eigenvalue weighted by Gasteiger charge is 2.12. The van der Waals surface area contributed by atoms with Crippen molar-refractivity contribution < 1.29 is 8.94 Å². The maximum atomic E-state index is 5.92. The molecule has 138 valence electrons. The molecule has 0 aliphatic rings. The molecule has 0 unspecified atom stereocenters. The number of guanidine groups is 1. The van der Waals surface area contributed by atoms with Crippen LogP contribution in [0.4, 0.5) is 0 Å². The number of aliphatic imine (C=N–C) groups is 1. The van der Waals surface area contributed by atoms with Crippen LogP contribution in [0.1, 0.15) is 29.7 Å². The van der Waals surface area contributed by atoms with Gasteiger partial charge in [0.1, 0.15) is 17.1 Å². The largest absolute Gasteiger partial charge is 0.459 e. The number of fused-ring (bicyclic) bond motifs is 1. The van der Waals surface area contributed by atoms with Crippen LogP contribution in [0.25, 0.3) is 11.0 Å². The van der Waals surface area contributed by atoms with Crippen molar-refractivity contribution in [2.75, 3.05) is 20.1 Å². The zero-order valence-electron chi connectivity index (χ0n) is 15.9. The first kappa shape index (κ1) is 18.0. The molecular formula is C20H26N4O2. The molecular weight excluding hydrogens is 328 g/mol. The average Bonchev–Trinajstić information content (AvgIpc) is 3.17. The first-order valence-electron chi connectivity index (χ1n) is 8.97. The Morgan fingerprint density at radius 1 is 1.27 bits per heavy atom. The summed E-state index contributed by atoms with van der Waals surface area (Å²) in [4.78, 5) is 6.82. The third-order valence-electron chi connectivity index (χ3n) is 4.37. The van der Waals surface area contributed by atoms with Gasteiger partial charge in [-0.2, -0.15) is 0 Å². The van der Waals surface area contributed by atoms with Gasteiger partial charge in [-0.3, -0.25) is 4.99 Å². The Morgan fingerprint density at radius 3 is 2.77 bits per heavy atom. The summed E-state index contributed by atoms with van der Waals surface area (Å²) in [5.41, 5.74) is 3.00. The Hall–Kier alpha value is -2.76. The average molecular weight is 354 g/mol. The second-order valence-corrected chi connectivity index (χ2v) is 6.39. The Balaban J connectivity index is 1.67. The van der Waals surface area contributed by atoms with Gasteiger partial charge in [0, 0.05) is 31.1 Å². The van der Waals surface area contributed by atoms with Crippen molar-refractivity contribution in [3.05, 3.63) is 53.1 Å². The van der Waals surface area contributed by atoms with Crippen LogP contribution in [0.5, 0.6) is 0 Å². The number of rotatable bonds is 6. The van der Waals surface area contributed by atoms with E-state index < -0.39 is 0 Å².